The van der Waals surface area contributed by atoms with Crippen molar-refractivity contribution < 1.29 is 23.5 Å². The van der Waals surface area contributed by atoms with Gasteiger partial charge in [0.15, 0.2) is 0 Å². The minimum absolute atomic E-state index is 0.00273. The summed E-state index contributed by atoms with van der Waals surface area (Å²) in [7, 11) is 1.28. The molecule has 3 aromatic rings. The lowest BCUT2D eigenvalue weighted by Gasteiger charge is -2.08. The molecule has 0 spiro atoms. The lowest BCUT2D eigenvalue weighted by Crippen LogP contribution is -2.18. The SMILES string of the molecule is COC(=O)c1ccc(NC(=O)c2cccc(C(=O)Nc3cccc(F)c3)n2)cc1. The molecule has 2 aromatic carbocycles. The number of hydrogen-bond acceptors (Lipinski definition) is 5. The number of carbonyl (C=O) groups excluding carboxylic acids is 3. The van der Waals surface area contributed by atoms with Crippen LogP contribution < -0.4 is 10.6 Å². The van der Waals surface area contributed by atoms with Gasteiger partial charge >= 0.3 is 5.97 Å². The molecule has 0 unspecified atom stereocenters. The summed E-state index contributed by atoms with van der Waals surface area (Å²) in [5, 5.41) is 5.15. The summed E-state index contributed by atoms with van der Waals surface area (Å²) in [5.41, 5.74) is 1.09. The van der Waals surface area contributed by atoms with Crippen molar-refractivity contribution in [3.8, 4) is 0 Å². The van der Waals surface area contributed by atoms with Gasteiger partial charge in [-0.05, 0) is 54.6 Å². The number of pyridine rings is 1. The zero-order chi connectivity index (χ0) is 20.8. The standard InChI is InChI=1S/C21H16FN3O4/c1-29-21(28)13-8-10-15(11-9-13)23-19(26)17-6-3-7-18(25-17)20(27)24-16-5-2-4-14(22)12-16/h2-12H,1H3,(H,23,26)(H,24,27). The van der Waals surface area contributed by atoms with Gasteiger partial charge < -0.3 is 15.4 Å². The molecule has 0 saturated heterocycles. The summed E-state index contributed by atoms with van der Waals surface area (Å²) in [6.07, 6.45) is 0. The largest absolute Gasteiger partial charge is 0.465 e. The van der Waals surface area contributed by atoms with Gasteiger partial charge in [-0.2, -0.15) is 0 Å². The molecular weight excluding hydrogens is 377 g/mol. The molecule has 0 saturated carbocycles. The Bertz CT molecular complexity index is 1070. The van der Waals surface area contributed by atoms with E-state index in [9.17, 15) is 18.8 Å². The molecule has 7 nitrogen and oxygen atoms in total. The molecule has 2 amide bonds. The van der Waals surface area contributed by atoms with E-state index in [1.54, 1.807) is 12.1 Å². The number of esters is 1. The van der Waals surface area contributed by atoms with Crippen molar-refractivity contribution in [3.63, 3.8) is 0 Å². The highest BCUT2D eigenvalue weighted by Gasteiger charge is 2.13. The van der Waals surface area contributed by atoms with Crippen molar-refractivity contribution in [3.05, 3.63) is 89.5 Å². The molecule has 0 radical (unpaired) electrons. The average molecular weight is 393 g/mol. The highest BCUT2D eigenvalue weighted by Crippen LogP contribution is 2.13. The number of halogens is 1. The fourth-order valence-electron chi connectivity index (χ4n) is 2.45. The maximum Gasteiger partial charge on any atom is 0.337 e. The number of methoxy groups -OCH3 is 1. The summed E-state index contributed by atoms with van der Waals surface area (Å²) in [6, 6.07) is 16.0. The average Bonchev–Trinajstić information content (AvgIpc) is 2.74. The van der Waals surface area contributed by atoms with E-state index in [0.717, 1.165) is 0 Å². The molecule has 1 heterocycles. The fourth-order valence-corrected chi connectivity index (χ4v) is 2.45. The van der Waals surface area contributed by atoms with Gasteiger partial charge in [0.2, 0.25) is 0 Å². The molecule has 0 atom stereocenters. The second-order valence-corrected chi connectivity index (χ2v) is 5.90. The quantitative estimate of drug-likeness (QED) is 0.647. The number of ether oxygens (including phenoxy) is 1. The number of nitrogens with one attached hydrogen (secondary N) is 2. The number of hydrogen-bond donors (Lipinski definition) is 2. The topological polar surface area (TPSA) is 97.4 Å². The molecule has 8 heteroatoms. The molecule has 0 aliphatic heterocycles. The van der Waals surface area contributed by atoms with Crippen molar-refractivity contribution in [1.29, 1.82) is 0 Å². The molecule has 146 valence electrons. The predicted molar refractivity (Wildman–Crippen MR) is 104 cm³/mol. The van der Waals surface area contributed by atoms with E-state index in [0.29, 0.717) is 11.3 Å². The van der Waals surface area contributed by atoms with Crippen LogP contribution in [0.5, 0.6) is 0 Å². The number of nitrogens with zero attached hydrogens (tertiary/aromatic N) is 1. The van der Waals surface area contributed by atoms with Crippen LogP contribution in [0.15, 0.2) is 66.7 Å². The van der Waals surface area contributed by atoms with Crippen LogP contribution in [0.4, 0.5) is 15.8 Å². The molecule has 0 aliphatic carbocycles. The summed E-state index contributed by atoms with van der Waals surface area (Å²) in [4.78, 5) is 40.2. The molecule has 1 aromatic heterocycles. The Morgan fingerprint density at radius 3 is 2.00 bits per heavy atom. The maximum absolute atomic E-state index is 13.2. The van der Waals surface area contributed by atoms with E-state index in [-0.39, 0.29) is 17.1 Å². The van der Waals surface area contributed by atoms with E-state index in [2.05, 4.69) is 20.4 Å². The van der Waals surface area contributed by atoms with Crippen molar-refractivity contribution in [2.24, 2.45) is 0 Å². The van der Waals surface area contributed by atoms with Gasteiger partial charge in [-0.3, -0.25) is 9.59 Å². The molecule has 2 N–H and O–H groups in total. The van der Waals surface area contributed by atoms with Crippen molar-refractivity contribution >= 4 is 29.2 Å². The van der Waals surface area contributed by atoms with Crippen LogP contribution in [0, 0.1) is 5.82 Å². The summed E-state index contributed by atoms with van der Waals surface area (Å²) in [5.74, 6) is -2.08. The van der Waals surface area contributed by atoms with E-state index >= 15 is 0 Å². The third-order valence-electron chi connectivity index (χ3n) is 3.86. The molecule has 29 heavy (non-hydrogen) atoms. The van der Waals surface area contributed by atoms with Crippen molar-refractivity contribution in [2.75, 3.05) is 17.7 Å². The Balaban J connectivity index is 1.70. The van der Waals surface area contributed by atoms with Crippen LogP contribution in [0.25, 0.3) is 0 Å². The second kappa shape index (κ2) is 8.75. The lowest BCUT2D eigenvalue weighted by atomic mass is 10.2. The van der Waals surface area contributed by atoms with Gasteiger partial charge in [-0.1, -0.05) is 12.1 Å². The van der Waals surface area contributed by atoms with Crippen LogP contribution >= 0.6 is 0 Å². The van der Waals surface area contributed by atoms with Crippen molar-refractivity contribution in [1.82, 2.24) is 4.98 Å². The van der Waals surface area contributed by atoms with Gasteiger partial charge in [-0.15, -0.1) is 0 Å². The van der Waals surface area contributed by atoms with Crippen LogP contribution in [-0.4, -0.2) is 29.9 Å². The van der Waals surface area contributed by atoms with Gasteiger partial charge in [0, 0.05) is 11.4 Å². The number of anilines is 2. The van der Waals surface area contributed by atoms with Crippen molar-refractivity contribution in [2.45, 2.75) is 0 Å². The minimum atomic E-state index is -0.576. The van der Waals surface area contributed by atoms with Gasteiger partial charge in [0.25, 0.3) is 11.8 Å². The highest BCUT2D eigenvalue weighted by atomic mass is 19.1. The van der Waals surface area contributed by atoms with E-state index < -0.39 is 23.6 Å². The molecular formula is C21H16FN3O4. The third-order valence-corrected chi connectivity index (χ3v) is 3.86. The minimum Gasteiger partial charge on any atom is -0.465 e. The first-order chi connectivity index (χ1) is 14.0. The monoisotopic (exact) mass is 393 g/mol. The first-order valence-corrected chi connectivity index (χ1v) is 8.50. The van der Waals surface area contributed by atoms with Crippen LogP contribution in [0.3, 0.4) is 0 Å². The van der Waals surface area contributed by atoms with E-state index in [1.807, 2.05) is 0 Å². The summed E-state index contributed by atoms with van der Waals surface area (Å²) >= 11 is 0. The first kappa shape index (κ1) is 19.7. The zero-order valence-corrected chi connectivity index (χ0v) is 15.3. The Hall–Kier alpha value is -4.07. The smallest absolute Gasteiger partial charge is 0.337 e. The Kier molecular flexibility index (Phi) is 5.94. The Labute approximate surface area is 165 Å². The third kappa shape index (κ3) is 5.01. The Morgan fingerprint density at radius 2 is 1.41 bits per heavy atom. The van der Waals surface area contributed by atoms with Gasteiger partial charge in [0.1, 0.15) is 17.2 Å². The molecule has 0 bridgehead atoms. The number of amides is 2. The van der Waals surface area contributed by atoms with Crippen LogP contribution in [-0.2, 0) is 4.74 Å². The molecule has 0 fully saturated rings. The number of rotatable bonds is 5. The van der Waals surface area contributed by atoms with Gasteiger partial charge in [0.05, 0.1) is 12.7 Å². The predicted octanol–water partition coefficient (Wildman–Crippen LogP) is 3.51. The van der Waals surface area contributed by atoms with E-state index in [1.165, 1.54) is 61.7 Å². The number of aromatic nitrogens is 1. The fraction of sp³-hybridized carbons (Fsp3) is 0.0476. The Morgan fingerprint density at radius 1 is 0.828 bits per heavy atom. The molecule has 3 rings (SSSR count). The molecule has 0 aliphatic rings. The van der Waals surface area contributed by atoms with Crippen LogP contribution in [0.1, 0.15) is 31.3 Å². The summed E-state index contributed by atoms with van der Waals surface area (Å²) in [6.45, 7) is 0. The zero-order valence-electron chi connectivity index (χ0n) is 15.3. The maximum atomic E-state index is 13.2. The normalized spacial score (nSPS) is 10.1. The lowest BCUT2D eigenvalue weighted by molar-refractivity contribution is 0.0600. The second-order valence-electron chi connectivity index (χ2n) is 5.90. The highest BCUT2D eigenvalue weighted by molar-refractivity contribution is 6.06. The van der Waals surface area contributed by atoms with Crippen LogP contribution in [0.2, 0.25) is 0 Å². The number of carbonyl (C=O) groups is 3. The van der Waals surface area contributed by atoms with Gasteiger partial charge in [-0.25, -0.2) is 14.2 Å². The van der Waals surface area contributed by atoms with E-state index in [4.69, 9.17) is 0 Å². The summed E-state index contributed by atoms with van der Waals surface area (Å²) < 4.78 is 17.9. The number of benzene rings is 2. The first-order valence-electron chi connectivity index (χ1n) is 8.50.